The number of nitriles is 1. The number of hydrogen-bond donors (Lipinski definition) is 0. The summed E-state index contributed by atoms with van der Waals surface area (Å²) in [5.41, 5.74) is 1.12. The lowest BCUT2D eigenvalue weighted by atomic mass is 10.1. The third kappa shape index (κ3) is 2.45. The molecule has 1 aromatic carbocycles. The van der Waals surface area contributed by atoms with Crippen molar-refractivity contribution in [2.45, 2.75) is 6.42 Å². The molecule has 1 heterocycles. The van der Waals surface area contributed by atoms with Gasteiger partial charge < -0.3 is 0 Å². The Morgan fingerprint density at radius 1 is 1.06 bits per heavy atom. The highest BCUT2D eigenvalue weighted by molar-refractivity contribution is 5.59. The molecule has 0 spiro atoms. The summed E-state index contributed by atoms with van der Waals surface area (Å²) < 4.78 is 26.3. The molecule has 0 bridgehead atoms. The number of hydrogen-bond acceptors (Lipinski definition) is 2. The van der Waals surface area contributed by atoms with Crippen molar-refractivity contribution in [3.05, 3.63) is 53.7 Å². The minimum Gasteiger partial charge on any atom is -0.249 e. The van der Waals surface area contributed by atoms with Crippen LogP contribution in [0.4, 0.5) is 8.78 Å². The van der Waals surface area contributed by atoms with Crippen LogP contribution in [0.1, 0.15) is 5.69 Å². The Hall–Kier alpha value is -2.28. The first-order valence-corrected chi connectivity index (χ1v) is 4.99. The average Bonchev–Trinajstić information content (AvgIpc) is 2.33. The van der Waals surface area contributed by atoms with Crippen LogP contribution in [0.3, 0.4) is 0 Å². The highest BCUT2D eigenvalue weighted by atomic mass is 19.1. The first-order valence-electron chi connectivity index (χ1n) is 4.99. The van der Waals surface area contributed by atoms with E-state index in [1.54, 1.807) is 0 Å². The van der Waals surface area contributed by atoms with E-state index in [1.807, 2.05) is 6.07 Å². The van der Waals surface area contributed by atoms with Crippen LogP contribution in [0.25, 0.3) is 11.3 Å². The number of rotatable bonds is 2. The van der Waals surface area contributed by atoms with Crippen LogP contribution in [0.15, 0.2) is 36.4 Å². The summed E-state index contributed by atoms with van der Waals surface area (Å²) in [6.45, 7) is 0. The summed E-state index contributed by atoms with van der Waals surface area (Å²) in [5, 5.41) is 8.55. The molecule has 0 aliphatic heterocycles. The molecule has 4 heteroatoms. The molecular formula is C13H8F2N2. The van der Waals surface area contributed by atoms with Crippen molar-refractivity contribution < 1.29 is 8.78 Å². The van der Waals surface area contributed by atoms with E-state index >= 15 is 0 Å². The highest BCUT2D eigenvalue weighted by Crippen LogP contribution is 2.21. The van der Waals surface area contributed by atoms with Crippen LogP contribution in [0.5, 0.6) is 0 Å². The van der Waals surface area contributed by atoms with Gasteiger partial charge in [0.15, 0.2) is 0 Å². The largest absolute Gasteiger partial charge is 0.249 e. The van der Waals surface area contributed by atoms with Gasteiger partial charge in [0.05, 0.1) is 18.2 Å². The zero-order valence-corrected chi connectivity index (χ0v) is 8.82. The minimum atomic E-state index is -0.488. The van der Waals surface area contributed by atoms with E-state index in [4.69, 9.17) is 5.26 Å². The van der Waals surface area contributed by atoms with Gasteiger partial charge in [-0.1, -0.05) is 0 Å². The van der Waals surface area contributed by atoms with Crippen molar-refractivity contribution in [2.75, 3.05) is 0 Å². The van der Waals surface area contributed by atoms with Gasteiger partial charge in [0.2, 0.25) is 0 Å². The van der Waals surface area contributed by atoms with Crippen LogP contribution in [-0.4, -0.2) is 4.98 Å². The van der Waals surface area contributed by atoms with Crippen LogP contribution in [0.2, 0.25) is 0 Å². The second-order valence-electron chi connectivity index (χ2n) is 3.47. The Labute approximate surface area is 97.2 Å². The van der Waals surface area contributed by atoms with Crippen molar-refractivity contribution in [1.82, 2.24) is 4.98 Å². The molecule has 0 fully saturated rings. The van der Waals surface area contributed by atoms with Gasteiger partial charge in [-0.2, -0.15) is 5.26 Å². The van der Waals surface area contributed by atoms with E-state index < -0.39 is 5.82 Å². The van der Waals surface area contributed by atoms with Crippen molar-refractivity contribution in [1.29, 1.82) is 5.26 Å². The molecule has 0 N–H and O–H groups in total. The van der Waals surface area contributed by atoms with Gasteiger partial charge in [0, 0.05) is 5.56 Å². The normalized spacial score (nSPS) is 9.94. The second kappa shape index (κ2) is 4.71. The molecule has 0 amide bonds. The Balaban J connectivity index is 2.47. The first-order chi connectivity index (χ1) is 8.20. The number of aromatic nitrogens is 1. The average molecular weight is 230 g/mol. The van der Waals surface area contributed by atoms with Crippen LogP contribution in [0, 0.1) is 23.0 Å². The predicted octanol–water partition coefficient (Wildman–Crippen LogP) is 3.09. The SMILES string of the molecule is N#CCc1ccc(F)c(-c2ccc(F)cc2)n1. The number of benzene rings is 1. The van der Waals surface area contributed by atoms with Crippen LogP contribution in [-0.2, 0) is 6.42 Å². The monoisotopic (exact) mass is 230 g/mol. The van der Waals surface area contributed by atoms with Crippen LogP contribution < -0.4 is 0 Å². The standard InChI is InChI=1S/C13H8F2N2/c14-10-3-1-9(2-4-10)13-12(15)6-5-11(17-13)7-8-16/h1-6H,7H2. The fourth-order valence-corrected chi connectivity index (χ4v) is 1.47. The molecule has 0 aliphatic rings. The van der Waals surface area contributed by atoms with Gasteiger partial charge >= 0.3 is 0 Å². The lowest BCUT2D eigenvalue weighted by molar-refractivity contribution is 0.621. The zero-order chi connectivity index (χ0) is 12.3. The van der Waals surface area contributed by atoms with Crippen molar-refractivity contribution in [3.8, 4) is 17.3 Å². The van der Waals surface area contributed by atoms with Crippen molar-refractivity contribution in [2.24, 2.45) is 0 Å². The molecule has 0 atom stereocenters. The molecule has 0 saturated carbocycles. The van der Waals surface area contributed by atoms with Gasteiger partial charge in [-0.05, 0) is 36.4 Å². The maximum absolute atomic E-state index is 13.6. The second-order valence-corrected chi connectivity index (χ2v) is 3.47. The lowest BCUT2D eigenvalue weighted by Gasteiger charge is -2.04. The molecule has 0 unspecified atom stereocenters. The maximum atomic E-state index is 13.6. The van der Waals surface area contributed by atoms with E-state index in [2.05, 4.69) is 4.98 Å². The first kappa shape index (κ1) is 11.2. The van der Waals surface area contributed by atoms with Gasteiger partial charge in [-0.25, -0.2) is 13.8 Å². The Morgan fingerprint density at radius 2 is 1.76 bits per heavy atom. The zero-order valence-electron chi connectivity index (χ0n) is 8.82. The molecule has 0 saturated heterocycles. The summed E-state index contributed by atoms with van der Waals surface area (Å²) in [4.78, 5) is 4.04. The fraction of sp³-hybridized carbons (Fsp3) is 0.0769. The molecule has 1 aromatic heterocycles. The van der Waals surface area contributed by atoms with Gasteiger partial charge in [0.1, 0.15) is 17.3 Å². The lowest BCUT2D eigenvalue weighted by Crippen LogP contribution is -1.95. The van der Waals surface area contributed by atoms with E-state index in [-0.39, 0.29) is 17.9 Å². The molecule has 0 aliphatic carbocycles. The summed E-state index contributed by atoms with van der Waals surface area (Å²) in [7, 11) is 0. The number of halogens is 2. The maximum Gasteiger partial charge on any atom is 0.149 e. The van der Waals surface area contributed by atoms with E-state index in [0.29, 0.717) is 11.3 Å². The smallest absolute Gasteiger partial charge is 0.149 e. The molecule has 84 valence electrons. The highest BCUT2D eigenvalue weighted by Gasteiger charge is 2.08. The topological polar surface area (TPSA) is 36.7 Å². The summed E-state index contributed by atoms with van der Waals surface area (Å²) in [6, 6.07) is 10.1. The van der Waals surface area contributed by atoms with E-state index in [9.17, 15) is 8.78 Å². The number of pyridine rings is 1. The van der Waals surface area contributed by atoms with Gasteiger partial charge in [-0.3, -0.25) is 0 Å². The molecular weight excluding hydrogens is 222 g/mol. The van der Waals surface area contributed by atoms with Gasteiger partial charge in [-0.15, -0.1) is 0 Å². The fourth-order valence-electron chi connectivity index (χ4n) is 1.47. The third-order valence-electron chi connectivity index (χ3n) is 2.28. The van der Waals surface area contributed by atoms with Crippen LogP contribution >= 0.6 is 0 Å². The third-order valence-corrected chi connectivity index (χ3v) is 2.28. The predicted molar refractivity (Wildman–Crippen MR) is 58.9 cm³/mol. The Bertz CT molecular complexity index is 571. The molecule has 2 rings (SSSR count). The quantitative estimate of drug-likeness (QED) is 0.794. The molecule has 0 radical (unpaired) electrons. The van der Waals surface area contributed by atoms with Crippen molar-refractivity contribution >= 4 is 0 Å². The molecule has 2 nitrogen and oxygen atoms in total. The molecule has 2 aromatic rings. The summed E-state index contributed by atoms with van der Waals surface area (Å²) >= 11 is 0. The summed E-state index contributed by atoms with van der Waals surface area (Å²) in [5.74, 6) is -0.874. The number of nitrogens with zero attached hydrogens (tertiary/aromatic N) is 2. The summed E-state index contributed by atoms with van der Waals surface area (Å²) in [6.07, 6.45) is 0.120. The molecule has 17 heavy (non-hydrogen) atoms. The van der Waals surface area contributed by atoms with Crippen molar-refractivity contribution in [3.63, 3.8) is 0 Å². The Morgan fingerprint density at radius 3 is 2.41 bits per heavy atom. The van der Waals surface area contributed by atoms with E-state index in [1.165, 1.54) is 36.4 Å². The van der Waals surface area contributed by atoms with E-state index in [0.717, 1.165) is 0 Å². The Kier molecular flexibility index (Phi) is 3.10. The minimum absolute atomic E-state index is 0.120. The van der Waals surface area contributed by atoms with Gasteiger partial charge in [0.25, 0.3) is 0 Å².